The molecule has 8 heteroatoms. The molecule has 0 amide bonds. The van der Waals surface area contributed by atoms with Crippen LogP contribution < -0.4 is 0 Å². The highest BCUT2D eigenvalue weighted by molar-refractivity contribution is 5.72. The molecule has 0 radical (unpaired) electrons. The summed E-state index contributed by atoms with van der Waals surface area (Å²) in [5.74, 6) is -1.63. The van der Waals surface area contributed by atoms with Gasteiger partial charge in [0.2, 0.25) is 0 Å². The summed E-state index contributed by atoms with van der Waals surface area (Å²) in [7, 11) is 5.49. The van der Waals surface area contributed by atoms with Crippen LogP contribution in [-0.2, 0) is 28.6 Å². The molecule has 1 N–H and O–H groups in total. The first kappa shape index (κ1) is 52.8. The molecule has 0 aliphatic heterocycles. The first-order chi connectivity index (χ1) is 27.1. The summed E-state index contributed by atoms with van der Waals surface area (Å²) >= 11 is 0. The Morgan fingerprint density at radius 2 is 1.00 bits per heavy atom. The Balaban J connectivity index is 4.25. The minimum atomic E-state index is -0.888. The predicted molar refractivity (Wildman–Crippen MR) is 233 cm³/mol. The summed E-state index contributed by atoms with van der Waals surface area (Å²) < 4.78 is 17.1. The van der Waals surface area contributed by atoms with Crippen LogP contribution >= 0.6 is 0 Å². The van der Waals surface area contributed by atoms with E-state index in [-0.39, 0.29) is 36.7 Å². The summed E-state index contributed by atoms with van der Waals surface area (Å²) in [5, 5.41) is 9.60. The van der Waals surface area contributed by atoms with E-state index >= 15 is 0 Å². The molecule has 0 aromatic heterocycles. The molecule has 0 saturated heterocycles. The number of allylic oxidation sites excluding steroid dienone is 11. The number of carbonyl (C=O) groups is 3. The zero-order valence-corrected chi connectivity index (χ0v) is 36.3. The maximum Gasteiger partial charge on any atom is 0.362 e. The fourth-order valence-electron chi connectivity index (χ4n) is 6.05. The molecule has 8 nitrogen and oxygen atoms in total. The van der Waals surface area contributed by atoms with E-state index in [4.69, 9.17) is 14.2 Å². The van der Waals surface area contributed by atoms with Crippen molar-refractivity contribution in [1.82, 2.24) is 0 Å². The van der Waals surface area contributed by atoms with E-state index < -0.39 is 24.1 Å². The van der Waals surface area contributed by atoms with Gasteiger partial charge < -0.3 is 23.8 Å². The minimum Gasteiger partial charge on any atom is -0.477 e. The van der Waals surface area contributed by atoms with Crippen molar-refractivity contribution in [2.45, 2.75) is 174 Å². The van der Waals surface area contributed by atoms with Crippen molar-refractivity contribution in [2.75, 3.05) is 41.0 Å². The normalized spacial score (nSPS) is 13.7. The molecule has 2 unspecified atom stereocenters. The second-order valence-electron chi connectivity index (χ2n) is 15.6. The number of aliphatic carboxylic acids is 1. The van der Waals surface area contributed by atoms with E-state index in [0.29, 0.717) is 12.8 Å². The molecule has 320 valence electrons. The zero-order chi connectivity index (χ0) is 41.4. The Morgan fingerprint density at radius 3 is 1.48 bits per heavy atom. The third kappa shape index (κ3) is 36.4. The SMILES string of the molecule is CC/C=C/C/C=C/C/C=C/CCCCCCCCCCCCCCCC(=O)OC(COCCC(C(=O)O)[N+](C)(C)C)COC(=O)C/C=C/C/C=C/C/C=C/CC. The van der Waals surface area contributed by atoms with Gasteiger partial charge in [0.15, 0.2) is 12.1 Å². The largest absolute Gasteiger partial charge is 0.477 e. The van der Waals surface area contributed by atoms with Crippen LogP contribution in [0.3, 0.4) is 0 Å². The Kier molecular flexibility index (Phi) is 36.4. The monoisotopic (exact) mass is 785 g/mol. The lowest BCUT2D eigenvalue weighted by atomic mass is 10.0. The summed E-state index contributed by atoms with van der Waals surface area (Å²) in [4.78, 5) is 36.8. The van der Waals surface area contributed by atoms with Crippen LogP contribution in [0.4, 0.5) is 0 Å². The van der Waals surface area contributed by atoms with Crippen LogP contribution in [0.1, 0.15) is 162 Å². The van der Waals surface area contributed by atoms with Crippen molar-refractivity contribution in [3.8, 4) is 0 Å². The van der Waals surface area contributed by atoms with Crippen LogP contribution in [-0.4, -0.2) is 80.6 Å². The number of likely N-dealkylation sites (N-methyl/N-ethyl adjacent to an activating group) is 1. The van der Waals surface area contributed by atoms with Gasteiger partial charge in [-0.25, -0.2) is 4.79 Å². The van der Waals surface area contributed by atoms with Crippen LogP contribution in [0.15, 0.2) is 72.9 Å². The maximum absolute atomic E-state index is 12.7. The smallest absolute Gasteiger partial charge is 0.362 e. The lowest BCUT2D eigenvalue weighted by Gasteiger charge is -2.31. The number of esters is 2. The van der Waals surface area contributed by atoms with Crippen LogP contribution in [0.25, 0.3) is 0 Å². The van der Waals surface area contributed by atoms with E-state index in [2.05, 4.69) is 74.6 Å². The molecule has 0 aromatic carbocycles. The number of unbranched alkanes of at least 4 members (excludes halogenated alkanes) is 13. The molecule has 0 spiro atoms. The van der Waals surface area contributed by atoms with E-state index in [9.17, 15) is 19.5 Å². The highest BCUT2D eigenvalue weighted by atomic mass is 16.6. The second-order valence-corrected chi connectivity index (χ2v) is 15.6. The molecular formula is C48H82NO7+. The Morgan fingerprint density at radius 1 is 0.554 bits per heavy atom. The van der Waals surface area contributed by atoms with Crippen molar-refractivity contribution in [3.63, 3.8) is 0 Å². The quantitative estimate of drug-likeness (QED) is 0.0288. The maximum atomic E-state index is 12.7. The van der Waals surface area contributed by atoms with E-state index in [1.165, 1.54) is 70.6 Å². The number of carboxylic acids is 1. The number of hydrogen-bond donors (Lipinski definition) is 1. The standard InChI is InChI=1S/C48H81NO7/c1-6-8-10-12-14-16-17-18-19-20-21-22-23-24-25-26-27-28-29-31-33-35-37-39-47(51)56-44(42-54-41-40-45(48(52)53)49(3,4)5)43-55-46(50)38-36-34-32-30-15-13-11-9-7-2/h8-11,14-16,18-19,30,34,36,44-45H,6-7,12-13,17,20-29,31-33,35,37-43H2,1-5H3/p+1/b10-8+,11-9+,16-14+,19-18+,30-15+,36-34+. The predicted octanol–water partition coefficient (Wildman–Crippen LogP) is 12.0. The molecule has 0 rings (SSSR count). The van der Waals surface area contributed by atoms with Crippen molar-refractivity contribution >= 4 is 17.9 Å². The topological polar surface area (TPSA) is 99.1 Å². The number of nitrogens with zero attached hydrogens (tertiary/aromatic N) is 1. The lowest BCUT2D eigenvalue weighted by molar-refractivity contribution is -0.887. The van der Waals surface area contributed by atoms with Gasteiger partial charge in [0.05, 0.1) is 40.8 Å². The highest BCUT2D eigenvalue weighted by Gasteiger charge is 2.31. The molecule has 0 aliphatic carbocycles. The number of quaternary nitrogens is 1. The second kappa shape index (κ2) is 38.6. The first-order valence-corrected chi connectivity index (χ1v) is 22.0. The van der Waals surface area contributed by atoms with Crippen molar-refractivity contribution in [1.29, 1.82) is 0 Å². The first-order valence-electron chi connectivity index (χ1n) is 22.0. The highest BCUT2D eigenvalue weighted by Crippen LogP contribution is 2.15. The van der Waals surface area contributed by atoms with Gasteiger partial charge in [0.1, 0.15) is 6.61 Å². The average Bonchev–Trinajstić information content (AvgIpc) is 3.15. The minimum absolute atomic E-state index is 0.0311. The summed E-state index contributed by atoms with van der Waals surface area (Å²) in [5.41, 5.74) is 0. The third-order valence-electron chi connectivity index (χ3n) is 9.38. The molecule has 56 heavy (non-hydrogen) atoms. The summed E-state index contributed by atoms with van der Waals surface area (Å²) in [6.45, 7) is 4.38. The molecule has 0 heterocycles. The van der Waals surface area contributed by atoms with Gasteiger partial charge in [-0.2, -0.15) is 0 Å². The Bertz CT molecular complexity index is 1140. The fourth-order valence-corrected chi connectivity index (χ4v) is 6.05. The summed E-state index contributed by atoms with van der Waals surface area (Å²) in [6, 6.07) is -0.627. The van der Waals surface area contributed by atoms with Gasteiger partial charge in [0, 0.05) is 12.8 Å². The number of hydrogen-bond acceptors (Lipinski definition) is 6. The van der Waals surface area contributed by atoms with Crippen molar-refractivity contribution < 1.29 is 38.2 Å². The number of ether oxygens (including phenoxy) is 3. The number of rotatable bonds is 38. The van der Waals surface area contributed by atoms with Crippen molar-refractivity contribution in [2.24, 2.45) is 0 Å². The molecular weight excluding hydrogens is 703 g/mol. The van der Waals surface area contributed by atoms with E-state index in [1.54, 1.807) is 6.08 Å². The van der Waals surface area contributed by atoms with Crippen LogP contribution in [0.5, 0.6) is 0 Å². The molecule has 0 fully saturated rings. The fraction of sp³-hybridized carbons (Fsp3) is 0.688. The van der Waals surface area contributed by atoms with Crippen LogP contribution in [0, 0.1) is 0 Å². The summed E-state index contributed by atoms with van der Waals surface area (Å²) in [6.07, 6.45) is 48.5. The molecule has 0 aromatic rings. The van der Waals surface area contributed by atoms with E-state index in [0.717, 1.165) is 57.8 Å². The van der Waals surface area contributed by atoms with Crippen LogP contribution in [0.2, 0.25) is 0 Å². The molecule has 0 aliphatic rings. The third-order valence-corrected chi connectivity index (χ3v) is 9.38. The van der Waals surface area contributed by atoms with Gasteiger partial charge in [-0.15, -0.1) is 0 Å². The van der Waals surface area contributed by atoms with E-state index in [1.807, 2.05) is 27.2 Å². The lowest BCUT2D eigenvalue weighted by Crippen LogP contribution is -2.50. The zero-order valence-electron chi connectivity index (χ0n) is 36.3. The van der Waals surface area contributed by atoms with Crippen molar-refractivity contribution in [3.05, 3.63) is 72.9 Å². The van der Waals surface area contributed by atoms with Gasteiger partial charge in [0.25, 0.3) is 0 Å². The van der Waals surface area contributed by atoms with Gasteiger partial charge >= 0.3 is 17.9 Å². The average molecular weight is 785 g/mol. The Labute approximate surface area is 342 Å². The van der Waals surface area contributed by atoms with Gasteiger partial charge in [-0.1, -0.05) is 157 Å². The van der Waals surface area contributed by atoms with Gasteiger partial charge in [-0.05, 0) is 57.8 Å². The molecule has 0 bridgehead atoms. The number of carbonyl (C=O) groups excluding carboxylic acids is 2. The Hall–Kier alpha value is -3.23. The molecule has 0 saturated carbocycles. The number of carboxylic acid groups (broad SMARTS) is 1. The molecule has 2 atom stereocenters. The van der Waals surface area contributed by atoms with Gasteiger partial charge in [-0.3, -0.25) is 9.59 Å².